The molecule has 0 spiro atoms. The molecule has 1 heterocycles. The van der Waals surface area contributed by atoms with Gasteiger partial charge in [-0.1, -0.05) is 19.9 Å². The van der Waals surface area contributed by atoms with E-state index in [1.54, 1.807) is 0 Å². The molecule has 1 saturated heterocycles. The number of nitrogens with zero attached hydrogens (tertiary/aromatic N) is 1. The fourth-order valence-corrected chi connectivity index (χ4v) is 3.76. The van der Waals surface area contributed by atoms with E-state index < -0.39 is 23.2 Å². The summed E-state index contributed by atoms with van der Waals surface area (Å²) < 4.78 is 39.2. The zero-order chi connectivity index (χ0) is 18.7. The molecule has 140 valence electrons. The van der Waals surface area contributed by atoms with Crippen LogP contribution in [0.1, 0.15) is 54.6 Å². The normalized spacial score (nSPS) is 17.7. The van der Waals surface area contributed by atoms with Gasteiger partial charge in [0.1, 0.15) is 0 Å². The lowest BCUT2D eigenvalue weighted by Gasteiger charge is -2.46. The van der Waals surface area contributed by atoms with Crippen LogP contribution in [0.4, 0.5) is 13.2 Å². The first kappa shape index (κ1) is 19.7. The molecule has 0 radical (unpaired) electrons. The number of carbonyl (C=O) groups is 1. The van der Waals surface area contributed by atoms with E-state index >= 15 is 0 Å². The molecule has 3 N–H and O–H groups in total. The lowest BCUT2D eigenvalue weighted by atomic mass is 9.83. The van der Waals surface area contributed by atoms with Gasteiger partial charge in [-0.05, 0) is 56.6 Å². The summed E-state index contributed by atoms with van der Waals surface area (Å²) in [5.41, 5.74) is 4.46. The molecule has 0 bridgehead atoms. The number of nitrogens with two attached hydrogens (primary N) is 1. The summed E-state index contributed by atoms with van der Waals surface area (Å²) in [7, 11) is 0. The average molecular weight is 357 g/mol. The highest BCUT2D eigenvalue weighted by atomic mass is 19.4. The highest BCUT2D eigenvalue weighted by molar-refractivity contribution is 5.94. The third-order valence-corrected chi connectivity index (χ3v) is 5.27. The van der Waals surface area contributed by atoms with Crippen LogP contribution in [-0.2, 0) is 12.7 Å². The Bertz CT molecular complexity index is 610. The van der Waals surface area contributed by atoms with Crippen molar-refractivity contribution in [3.8, 4) is 0 Å². The Labute approximate surface area is 146 Å². The van der Waals surface area contributed by atoms with E-state index in [4.69, 9.17) is 5.73 Å². The summed E-state index contributed by atoms with van der Waals surface area (Å²) in [4.78, 5) is 13.8. The molecule has 1 fully saturated rings. The van der Waals surface area contributed by atoms with Crippen LogP contribution in [0.5, 0.6) is 0 Å². The number of amides is 1. The maximum atomic E-state index is 13.1. The maximum absolute atomic E-state index is 13.1. The van der Waals surface area contributed by atoms with Gasteiger partial charge in [0, 0.05) is 12.1 Å². The number of halogens is 3. The summed E-state index contributed by atoms with van der Waals surface area (Å²) in [6.07, 6.45) is -1.61. The van der Waals surface area contributed by atoms with Gasteiger partial charge in [-0.25, -0.2) is 0 Å². The van der Waals surface area contributed by atoms with Gasteiger partial charge in [0.25, 0.3) is 0 Å². The van der Waals surface area contributed by atoms with Crippen LogP contribution in [0.25, 0.3) is 0 Å². The van der Waals surface area contributed by atoms with E-state index in [0.29, 0.717) is 12.1 Å². The van der Waals surface area contributed by atoms with Crippen LogP contribution < -0.4 is 11.1 Å². The lowest BCUT2D eigenvalue weighted by molar-refractivity contribution is -0.137. The van der Waals surface area contributed by atoms with E-state index in [2.05, 4.69) is 24.1 Å². The lowest BCUT2D eigenvalue weighted by Crippen LogP contribution is -2.53. The van der Waals surface area contributed by atoms with Gasteiger partial charge in [0.05, 0.1) is 11.1 Å². The number of rotatable bonds is 6. The summed E-state index contributed by atoms with van der Waals surface area (Å²) in [5.74, 6) is -1.05. The Balaban J connectivity index is 2.31. The van der Waals surface area contributed by atoms with Gasteiger partial charge >= 0.3 is 6.18 Å². The predicted octanol–water partition coefficient (Wildman–Crippen LogP) is 3.16. The molecule has 0 unspecified atom stereocenters. The van der Waals surface area contributed by atoms with Crippen molar-refractivity contribution in [2.24, 2.45) is 5.73 Å². The number of nitrogens with one attached hydrogen (secondary N) is 1. The molecule has 4 nitrogen and oxygen atoms in total. The van der Waals surface area contributed by atoms with Crippen molar-refractivity contribution in [1.29, 1.82) is 0 Å². The topological polar surface area (TPSA) is 58.4 Å². The number of carbonyl (C=O) groups excluding carboxylic acids is 1. The van der Waals surface area contributed by atoms with E-state index in [1.165, 1.54) is 12.1 Å². The van der Waals surface area contributed by atoms with Gasteiger partial charge in [0.15, 0.2) is 0 Å². The fourth-order valence-electron chi connectivity index (χ4n) is 3.76. The van der Waals surface area contributed by atoms with Crippen LogP contribution in [0.2, 0.25) is 0 Å². The van der Waals surface area contributed by atoms with Crippen LogP contribution >= 0.6 is 0 Å². The quantitative estimate of drug-likeness (QED) is 0.822. The molecule has 1 aromatic rings. The fraction of sp³-hybridized carbons (Fsp3) is 0.611. The second kappa shape index (κ2) is 7.74. The highest BCUT2D eigenvalue weighted by Gasteiger charge is 2.37. The predicted molar refractivity (Wildman–Crippen MR) is 91.2 cm³/mol. The SMILES string of the molecule is CCN(Cc1ccc(C(F)(F)F)c(C(N)=O)c1)C1(CC)CCNCC1. The van der Waals surface area contributed by atoms with Crippen LogP contribution in [0.15, 0.2) is 18.2 Å². The summed E-state index contributed by atoms with van der Waals surface area (Å²) in [6, 6.07) is 3.70. The van der Waals surface area contributed by atoms with Crippen molar-refractivity contribution < 1.29 is 18.0 Å². The zero-order valence-corrected chi connectivity index (χ0v) is 14.7. The zero-order valence-electron chi connectivity index (χ0n) is 14.7. The second-order valence-corrected chi connectivity index (χ2v) is 6.58. The number of alkyl halides is 3. The van der Waals surface area contributed by atoms with E-state index in [1.807, 2.05) is 0 Å². The standard InChI is InChI=1S/C18H26F3N3O/c1-3-17(7-9-23-10-8-17)24(4-2)12-13-5-6-15(18(19,20)21)14(11-13)16(22)25/h5-6,11,23H,3-4,7-10,12H2,1-2H3,(H2,22,25). The summed E-state index contributed by atoms with van der Waals surface area (Å²) in [5, 5.41) is 3.35. The number of hydrogen-bond acceptors (Lipinski definition) is 3. The minimum atomic E-state index is -4.59. The average Bonchev–Trinajstić information content (AvgIpc) is 2.59. The molecule has 0 aliphatic carbocycles. The van der Waals surface area contributed by atoms with E-state index in [9.17, 15) is 18.0 Å². The van der Waals surface area contributed by atoms with Crippen LogP contribution in [-0.4, -0.2) is 36.0 Å². The number of primary amides is 1. The van der Waals surface area contributed by atoms with Crippen molar-refractivity contribution in [2.75, 3.05) is 19.6 Å². The molecule has 25 heavy (non-hydrogen) atoms. The molecule has 1 aliphatic heterocycles. The van der Waals surface area contributed by atoms with Crippen molar-refractivity contribution >= 4 is 5.91 Å². The number of hydrogen-bond donors (Lipinski definition) is 2. The van der Waals surface area contributed by atoms with Crippen LogP contribution in [0.3, 0.4) is 0 Å². The molecule has 1 aliphatic rings. The molecule has 7 heteroatoms. The molecular formula is C18H26F3N3O. The summed E-state index contributed by atoms with van der Waals surface area (Å²) >= 11 is 0. The molecule has 2 rings (SSSR count). The highest BCUT2D eigenvalue weighted by Crippen LogP contribution is 2.34. The molecule has 1 amide bonds. The van der Waals surface area contributed by atoms with Gasteiger partial charge in [-0.2, -0.15) is 13.2 Å². The van der Waals surface area contributed by atoms with E-state index in [-0.39, 0.29) is 5.54 Å². The van der Waals surface area contributed by atoms with Crippen molar-refractivity contribution in [3.63, 3.8) is 0 Å². The number of benzene rings is 1. The largest absolute Gasteiger partial charge is 0.417 e. The molecule has 1 aromatic carbocycles. The molecule has 0 saturated carbocycles. The minimum absolute atomic E-state index is 0.0373. The van der Waals surface area contributed by atoms with Crippen LogP contribution in [0, 0.1) is 0 Å². The first-order chi connectivity index (χ1) is 11.7. The Morgan fingerprint density at radius 2 is 1.92 bits per heavy atom. The molecule has 0 aromatic heterocycles. The van der Waals surface area contributed by atoms with Crippen molar-refractivity contribution in [3.05, 3.63) is 34.9 Å². The van der Waals surface area contributed by atoms with Gasteiger partial charge in [-0.3, -0.25) is 9.69 Å². The van der Waals surface area contributed by atoms with Crippen molar-refractivity contribution in [2.45, 2.75) is 51.4 Å². The first-order valence-corrected chi connectivity index (χ1v) is 8.69. The number of piperidine rings is 1. The van der Waals surface area contributed by atoms with Gasteiger partial charge in [0.2, 0.25) is 5.91 Å². The van der Waals surface area contributed by atoms with Crippen molar-refractivity contribution in [1.82, 2.24) is 10.2 Å². The molecular weight excluding hydrogens is 331 g/mol. The third-order valence-electron chi connectivity index (χ3n) is 5.27. The molecule has 0 atom stereocenters. The smallest absolute Gasteiger partial charge is 0.366 e. The third kappa shape index (κ3) is 4.33. The minimum Gasteiger partial charge on any atom is -0.366 e. The summed E-state index contributed by atoms with van der Waals surface area (Å²) in [6.45, 7) is 7.37. The first-order valence-electron chi connectivity index (χ1n) is 8.69. The Morgan fingerprint density at radius 1 is 1.28 bits per heavy atom. The Kier molecular flexibility index (Phi) is 6.11. The van der Waals surface area contributed by atoms with E-state index in [0.717, 1.165) is 45.0 Å². The second-order valence-electron chi connectivity index (χ2n) is 6.58. The maximum Gasteiger partial charge on any atom is 0.417 e. The van der Waals surface area contributed by atoms with Gasteiger partial charge < -0.3 is 11.1 Å². The van der Waals surface area contributed by atoms with Gasteiger partial charge in [-0.15, -0.1) is 0 Å². The Hall–Kier alpha value is -1.60. The Morgan fingerprint density at radius 3 is 2.40 bits per heavy atom. The monoisotopic (exact) mass is 357 g/mol.